The maximum atomic E-state index is 12.6. The molecule has 150 valence electrons. The summed E-state index contributed by atoms with van der Waals surface area (Å²) in [6, 6.07) is 0.210. The summed E-state index contributed by atoms with van der Waals surface area (Å²) in [6.45, 7) is 0.102. The molecule has 0 aliphatic carbocycles. The van der Waals surface area contributed by atoms with Crippen molar-refractivity contribution in [2.45, 2.75) is 11.4 Å². The zero-order chi connectivity index (χ0) is 20.5. The summed E-state index contributed by atoms with van der Waals surface area (Å²) in [5, 5.41) is 5.69. The van der Waals surface area contributed by atoms with E-state index in [1.165, 1.54) is 27.3 Å². The predicted octanol–water partition coefficient (Wildman–Crippen LogP) is -0.549. The van der Waals surface area contributed by atoms with Crippen LogP contribution in [0.3, 0.4) is 0 Å². The molecule has 0 atom stereocenters. The van der Waals surface area contributed by atoms with Gasteiger partial charge in [0.1, 0.15) is 5.56 Å². The number of hydrogen-bond acceptors (Lipinski definition) is 10. The Balaban J connectivity index is 1.85. The number of sulfonamides is 1. The van der Waals surface area contributed by atoms with Crippen molar-refractivity contribution < 1.29 is 32.2 Å². The van der Waals surface area contributed by atoms with Gasteiger partial charge in [0.15, 0.2) is 5.03 Å². The van der Waals surface area contributed by atoms with Gasteiger partial charge in [-0.1, -0.05) is 0 Å². The number of nitrogens with one attached hydrogen (secondary N) is 2. The summed E-state index contributed by atoms with van der Waals surface area (Å²) in [7, 11) is -0.416. The van der Waals surface area contributed by atoms with Crippen molar-refractivity contribution in [1.29, 1.82) is 0 Å². The highest BCUT2D eigenvalue weighted by Crippen LogP contribution is 2.24. The molecule has 28 heavy (non-hydrogen) atoms. The summed E-state index contributed by atoms with van der Waals surface area (Å²) < 4.78 is 42.8. The lowest BCUT2D eigenvalue weighted by atomic mass is 10.2. The number of amides is 2. The lowest BCUT2D eigenvalue weighted by Gasteiger charge is -2.13. The molecular weight excluding hydrogens is 396 g/mol. The number of hydrogen-bond donors (Lipinski definition) is 2. The molecule has 2 aromatic heterocycles. The summed E-state index contributed by atoms with van der Waals surface area (Å²) in [5.41, 5.74) is 0.0775. The van der Waals surface area contributed by atoms with Gasteiger partial charge in [-0.25, -0.2) is 14.3 Å². The van der Waals surface area contributed by atoms with E-state index < -0.39 is 27.0 Å². The second-order valence-corrected chi connectivity index (χ2v) is 7.07. The molecule has 2 aromatic rings. The average Bonchev–Trinajstić information content (AvgIpc) is 2.98. The summed E-state index contributed by atoms with van der Waals surface area (Å²) >= 11 is 0. The summed E-state index contributed by atoms with van der Waals surface area (Å²) in [5.74, 6) is -0.895. The monoisotopic (exact) mass is 412 g/mol. The number of esters is 1. The predicted molar refractivity (Wildman–Crippen MR) is 91.7 cm³/mol. The minimum Gasteiger partial charge on any atom is -0.481 e. The first-order chi connectivity index (χ1) is 13.2. The van der Waals surface area contributed by atoms with Gasteiger partial charge in [-0.2, -0.15) is 23.5 Å². The maximum absolute atomic E-state index is 12.6. The normalized spacial score (nSPS) is 13.3. The van der Waals surface area contributed by atoms with Crippen LogP contribution in [0.2, 0.25) is 0 Å². The Morgan fingerprint density at radius 2 is 1.89 bits per heavy atom. The number of methoxy groups -OCH3 is 2. The molecule has 0 bridgehead atoms. The quantitative estimate of drug-likeness (QED) is 0.609. The van der Waals surface area contributed by atoms with E-state index in [1.807, 2.05) is 0 Å². The van der Waals surface area contributed by atoms with Crippen molar-refractivity contribution in [2.75, 3.05) is 26.1 Å². The van der Waals surface area contributed by atoms with Gasteiger partial charge in [-0.15, -0.1) is 0 Å². The Bertz CT molecular complexity index is 1030. The van der Waals surface area contributed by atoms with Crippen molar-refractivity contribution in [3.05, 3.63) is 17.3 Å². The number of aromatic nitrogens is 4. The van der Waals surface area contributed by atoms with Gasteiger partial charge in [0, 0.05) is 13.5 Å². The highest BCUT2D eigenvalue weighted by molar-refractivity contribution is 7.90. The Morgan fingerprint density at radius 1 is 1.25 bits per heavy atom. The molecule has 0 fully saturated rings. The minimum atomic E-state index is -4.45. The van der Waals surface area contributed by atoms with E-state index in [0.717, 1.165) is 4.68 Å². The van der Waals surface area contributed by atoms with Gasteiger partial charge in [0.05, 0.1) is 32.6 Å². The summed E-state index contributed by atoms with van der Waals surface area (Å²) in [4.78, 5) is 31.9. The molecule has 0 saturated heterocycles. The van der Waals surface area contributed by atoms with Crippen LogP contribution in [0.1, 0.15) is 16.1 Å². The number of fused-ring (bicyclic) bond motifs is 1. The number of rotatable bonds is 5. The average molecular weight is 412 g/mol. The zero-order valence-electron chi connectivity index (χ0n) is 15.0. The fraction of sp³-hybridized carbons (Fsp3) is 0.357. The lowest BCUT2D eigenvalue weighted by molar-refractivity contribution is 0.0474. The number of nitrogens with zero attached hydrogens (tertiary/aromatic N) is 4. The van der Waals surface area contributed by atoms with Gasteiger partial charge in [-0.3, -0.25) is 10.00 Å². The summed E-state index contributed by atoms with van der Waals surface area (Å²) in [6.07, 6.45) is 0.272. The molecule has 0 aromatic carbocycles. The highest BCUT2D eigenvalue weighted by atomic mass is 32.2. The van der Waals surface area contributed by atoms with Gasteiger partial charge in [-0.05, 0) is 0 Å². The molecule has 1 aliphatic rings. The molecular formula is C14H16N6O7S. The third-order valence-corrected chi connectivity index (χ3v) is 5.08. The Kier molecular flexibility index (Phi) is 5.04. The number of carbonyl (C=O) groups excluding carboxylic acids is 2. The van der Waals surface area contributed by atoms with Crippen molar-refractivity contribution >= 4 is 28.0 Å². The van der Waals surface area contributed by atoms with E-state index in [0.29, 0.717) is 0 Å². The molecule has 13 nitrogen and oxygen atoms in total. The molecule has 0 unspecified atom stereocenters. The molecule has 0 spiro atoms. The van der Waals surface area contributed by atoms with E-state index in [4.69, 9.17) is 14.2 Å². The molecule has 2 amide bonds. The van der Waals surface area contributed by atoms with E-state index in [-0.39, 0.29) is 42.0 Å². The van der Waals surface area contributed by atoms with Crippen molar-refractivity contribution in [3.8, 4) is 11.8 Å². The first kappa shape index (κ1) is 19.3. The molecule has 0 saturated carbocycles. The maximum Gasteiger partial charge on any atom is 0.343 e. The van der Waals surface area contributed by atoms with Crippen LogP contribution in [-0.2, 0) is 28.2 Å². The Morgan fingerprint density at radius 3 is 2.50 bits per heavy atom. The van der Waals surface area contributed by atoms with Crippen LogP contribution in [0.15, 0.2) is 11.1 Å². The number of aryl methyl sites for hydroxylation is 1. The smallest absolute Gasteiger partial charge is 0.343 e. The molecule has 14 heteroatoms. The first-order valence-corrected chi connectivity index (χ1v) is 9.27. The van der Waals surface area contributed by atoms with Gasteiger partial charge in [0.25, 0.3) is 10.0 Å². The standard InChI is InChI=1S/C14H16N6O7S/c1-20-11(10-7(18-20)4-5-27-12(10)21)28(23,24)19-14(22)17-13-15-8(25-2)6-9(16-13)26-3/h6H,4-5H2,1-3H3,(H2,15,16,17,19,22). The van der Waals surface area contributed by atoms with Crippen LogP contribution in [-0.4, -0.2) is 61.0 Å². The SMILES string of the molecule is COc1cc(OC)nc(NC(=O)NS(=O)(=O)c2c3c(nn2C)CCOC3=O)n1. The van der Waals surface area contributed by atoms with E-state index in [2.05, 4.69) is 20.4 Å². The first-order valence-electron chi connectivity index (χ1n) is 7.79. The van der Waals surface area contributed by atoms with Gasteiger partial charge >= 0.3 is 12.0 Å². The zero-order valence-corrected chi connectivity index (χ0v) is 15.9. The third kappa shape index (κ3) is 3.66. The topological polar surface area (TPSA) is 164 Å². The Hall–Kier alpha value is -3.42. The number of carbonyl (C=O) groups is 2. The molecule has 3 rings (SSSR count). The van der Waals surface area contributed by atoms with Crippen LogP contribution in [0.4, 0.5) is 10.7 Å². The largest absolute Gasteiger partial charge is 0.481 e. The number of cyclic esters (lactones) is 1. The van der Waals surface area contributed by atoms with Crippen LogP contribution in [0.25, 0.3) is 0 Å². The lowest BCUT2D eigenvalue weighted by Crippen LogP contribution is -2.36. The van der Waals surface area contributed by atoms with E-state index >= 15 is 0 Å². The minimum absolute atomic E-state index is 0.0912. The number of ether oxygens (including phenoxy) is 3. The number of anilines is 1. The van der Waals surface area contributed by atoms with E-state index in [1.54, 1.807) is 4.72 Å². The molecule has 1 aliphatic heterocycles. The van der Waals surface area contributed by atoms with Gasteiger partial charge in [0.2, 0.25) is 17.7 Å². The Labute approximate surface area is 159 Å². The molecule has 3 heterocycles. The highest BCUT2D eigenvalue weighted by Gasteiger charge is 2.35. The number of urea groups is 1. The fourth-order valence-corrected chi connectivity index (χ4v) is 3.78. The molecule has 0 radical (unpaired) electrons. The van der Waals surface area contributed by atoms with Crippen molar-refractivity contribution in [2.24, 2.45) is 7.05 Å². The second kappa shape index (κ2) is 7.30. The molecule has 2 N–H and O–H groups in total. The second-order valence-electron chi connectivity index (χ2n) is 5.47. The van der Waals surface area contributed by atoms with Crippen molar-refractivity contribution in [1.82, 2.24) is 24.5 Å². The van der Waals surface area contributed by atoms with Crippen LogP contribution in [0.5, 0.6) is 11.8 Å². The van der Waals surface area contributed by atoms with Crippen molar-refractivity contribution in [3.63, 3.8) is 0 Å². The van der Waals surface area contributed by atoms with Gasteiger partial charge < -0.3 is 14.2 Å². The third-order valence-electron chi connectivity index (χ3n) is 3.65. The van der Waals surface area contributed by atoms with Crippen LogP contribution in [0, 0.1) is 0 Å². The van der Waals surface area contributed by atoms with E-state index in [9.17, 15) is 18.0 Å². The fourth-order valence-electron chi connectivity index (χ4n) is 2.53. The van der Waals surface area contributed by atoms with Crippen LogP contribution >= 0.6 is 0 Å². The van der Waals surface area contributed by atoms with Crippen LogP contribution < -0.4 is 19.5 Å².